The molecule has 3 unspecified atom stereocenters. The number of likely N-dealkylation sites (N-methyl/N-ethyl adjacent to an activating group) is 1. The molecule has 0 aromatic heterocycles. The Morgan fingerprint density at radius 2 is 0.871 bits per heavy atom. The van der Waals surface area contributed by atoms with Crippen LogP contribution in [0.4, 0.5) is 0 Å². The number of nitrogens with zero attached hydrogens (tertiary/aromatic N) is 1. The van der Waals surface area contributed by atoms with Crippen LogP contribution in [0.2, 0.25) is 0 Å². The third-order valence-corrected chi connectivity index (χ3v) is 12.6. The maximum Gasteiger partial charge on any atom is 0.472 e. The highest BCUT2D eigenvalue weighted by Crippen LogP contribution is 2.43. The zero-order valence-electron chi connectivity index (χ0n) is 45.5. The number of carbonyl (C=O) groups is 1. The Morgan fingerprint density at radius 1 is 0.500 bits per heavy atom. The second-order valence-electron chi connectivity index (χ2n) is 19.6. The maximum atomic E-state index is 13.0. The number of amides is 1. The zero-order valence-corrected chi connectivity index (χ0v) is 46.4. The van der Waals surface area contributed by atoms with Gasteiger partial charge in [0.15, 0.2) is 0 Å². The highest BCUT2D eigenvalue weighted by atomic mass is 31.2. The molecular formula is C61H106N2O6P+. The molecule has 0 rings (SSSR count). The number of aliphatic hydroxyl groups excluding tert-OH is 1. The fourth-order valence-electron chi connectivity index (χ4n) is 7.29. The van der Waals surface area contributed by atoms with Crippen molar-refractivity contribution in [3.63, 3.8) is 0 Å². The first-order chi connectivity index (χ1) is 34.0. The molecule has 0 aromatic carbocycles. The van der Waals surface area contributed by atoms with Crippen LogP contribution in [0.5, 0.6) is 0 Å². The van der Waals surface area contributed by atoms with Crippen molar-refractivity contribution >= 4 is 13.7 Å². The van der Waals surface area contributed by atoms with E-state index in [4.69, 9.17) is 9.05 Å². The molecule has 3 N–H and O–H groups in total. The topological polar surface area (TPSA) is 105 Å². The van der Waals surface area contributed by atoms with E-state index in [0.29, 0.717) is 17.4 Å². The van der Waals surface area contributed by atoms with Gasteiger partial charge in [0, 0.05) is 6.42 Å². The average Bonchev–Trinajstić information content (AvgIpc) is 3.32. The van der Waals surface area contributed by atoms with Crippen molar-refractivity contribution in [2.75, 3.05) is 40.9 Å². The van der Waals surface area contributed by atoms with Crippen LogP contribution >= 0.6 is 7.82 Å². The van der Waals surface area contributed by atoms with Gasteiger partial charge in [0.2, 0.25) is 5.91 Å². The summed E-state index contributed by atoms with van der Waals surface area (Å²) >= 11 is 0. The van der Waals surface area contributed by atoms with Gasteiger partial charge >= 0.3 is 7.82 Å². The number of hydrogen-bond acceptors (Lipinski definition) is 5. The summed E-state index contributed by atoms with van der Waals surface area (Å²) in [5.74, 6) is -0.215. The van der Waals surface area contributed by atoms with Gasteiger partial charge in [0.1, 0.15) is 13.2 Å². The second-order valence-corrected chi connectivity index (χ2v) is 21.0. The summed E-state index contributed by atoms with van der Waals surface area (Å²) in [6.07, 6.45) is 75.8. The minimum Gasteiger partial charge on any atom is -0.387 e. The summed E-state index contributed by atoms with van der Waals surface area (Å²) in [7, 11) is 1.51. The average molecular weight is 995 g/mol. The van der Waals surface area contributed by atoms with Gasteiger partial charge in [-0.25, -0.2) is 4.57 Å². The predicted molar refractivity (Wildman–Crippen MR) is 304 cm³/mol. The van der Waals surface area contributed by atoms with Crippen molar-refractivity contribution < 1.29 is 32.9 Å². The highest BCUT2D eigenvalue weighted by molar-refractivity contribution is 7.47. The Balaban J connectivity index is 4.41. The van der Waals surface area contributed by atoms with E-state index >= 15 is 0 Å². The molecule has 0 saturated carbocycles. The van der Waals surface area contributed by atoms with E-state index in [2.05, 4.69) is 129 Å². The van der Waals surface area contributed by atoms with Crippen LogP contribution < -0.4 is 5.32 Å². The quantitative estimate of drug-likeness (QED) is 0.0243. The van der Waals surface area contributed by atoms with E-state index in [-0.39, 0.29) is 19.1 Å². The lowest BCUT2D eigenvalue weighted by atomic mass is 10.1. The molecule has 0 heterocycles. The summed E-state index contributed by atoms with van der Waals surface area (Å²) in [4.78, 5) is 23.3. The van der Waals surface area contributed by atoms with Gasteiger partial charge in [0.05, 0.1) is 39.9 Å². The summed E-state index contributed by atoms with van der Waals surface area (Å²) in [6, 6.07) is -0.890. The van der Waals surface area contributed by atoms with Gasteiger partial charge in [-0.1, -0.05) is 219 Å². The van der Waals surface area contributed by atoms with Gasteiger partial charge in [-0.05, 0) is 103 Å². The zero-order chi connectivity index (χ0) is 51.3. The van der Waals surface area contributed by atoms with E-state index in [1.807, 2.05) is 27.2 Å². The minimum atomic E-state index is -4.37. The Kier molecular flexibility index (Phi) is 48.6. The van der Waals surface area contributed by atoms with Crippen molar-refractivity contribution in [2.24, 2.45) is 0 Å². The van der Waals surface area contributed by atoms with E-state index in [0.717, 1.165) is 109 Å². The van der Waals surface area contributed by atoms with Crippen LogP contribution in [0, 0.1) is 0 Å². The Labute approximate surface area is 431 Å². The summed E-state index contributed by atoms with van der Waals surface area (Å²) < 4.78 is 23.7. The monoisotopic (exact) mass is 994 g/mol. The van der Waals surface area contributed by atoms with Crippen molar-refractivity contribution in [1.29, 1.82) is 0 Å². The number of hydrogen-bond donors (Lipinski definition) is 3. The molecule has 3 atom stereocenters. The van der Waals surface area contributed by atoms with Crippen LogP contribution in [0.3, 0.4) is 0 Å². The number of phosphoric ester groups is 1. The van der Waals surface area contributed by atoms with Gasteiger partial charge in [-0.3, -0.25) is 13.8 Å². The van der Waals surface area contributed by atoms with Gasteiger partial charge in [-0.2, -0.15) is 0 Å². The molecule has 70 heavy (non-hydrogen) atoms. The molecule has 0 bridgehead atoms. The number of unbranched alkanes of at least 4 members (excludes halogenated alkanes) is 18. The fourth-order valence-corrected chi connectivity index (χ4v) is 8.02. The highest BCUT2D eigenvalue weighted by Gasteiger charge is 2.27. The Bertz CT molecular complexity index is 1550. The van der Waals surface area contributed by atoms with E-state index < -0.39 is 20.0 Å². The summed E-state index contributed by atoms with van der Waals surface area (Å²) in [5, 5.41) is 13.9. The molecular weight excluding hydrogens is 888 g/mol. The van der Waals surface area contributed by atoms with Crippen molar-refractivity contribution in [1.82, 2.24) is 5.32 Å². The van der Waals surface area contributed by atoms with Crippen LogP contribution in [-0.4, -0.2) is 73.4 Å². The molecule has 0 aliphatic heterocycles. The summed E-state index contributed by atoms with van der Waals surface area (Å²) in [6.45, 7) is 4.64. The van der Waals surface area contributed by atoms with Gasteiger partial charge in [-0.15, -0.1) is 0 Å². The maximum absolute atomic E-state index is 13.0. The first kappa shape index (κ1) is 66.9. The molecule has 0 spiro atoms. The van der Waals surface area contributed by atoms with Crippen molar-refractivity contribution in [2.45, 2.75) is 219 Å². The van der Waals surface area contributed by atoms with E-state index in [9.17, 15) is 19.4 Å². The van der Waals surface area contributed by atoms with Crippen molar-refractivity contribution in [3.05, 3.63) is 122 Å². The molecule has 0 aliphatic rings. The third kappa shape index (κ3) is 52.7. The molecule has 0 fully saturated rings. The summed E-state index contributed by atoms with van der Waals surface area (Å²) in [5.41, 5.74) is 0. The Hall–Kier alpha value is -3.10. The van der Waals surface area contributed by atoms with Crippen molar-refractivity contribution in [3.8, 4) is 0 Å². The molecule has 8 nitrogen and oxygen atoms in total. The molecule has 0 saturated heterocycles. The number of nitrogens with one attached hydrogen (secondary N) is 1. The molecule has 1 amide bonds. The first-order valence-corrected chi connectivity index (χ1v) is 29.4. The normalized spacial score (nSPS) is 14.9. The lowest BCUT2D eigenvalue weighted by Gasteiger charge is -2.25. The molecule has 0 aromatic rings. The van der Waals surface area contributed by atoms with E-state index in [1.54, 1.807) is 6.08 Å². The fraction of sp³-hybridized carbons (Fsp3) is 0.656. The number of allylic oxidation sites excluding steroid dienone is 19. The predicted octanol–water partition coefficient (Wildman–Crippen LogP) is 17.0. The number of quaternary nitrogens is 1. The van der Waals surface area contributed by atoms with Gasteiger partial charge in [0.25, 0.3) is 0 Å². The largest absolute Gasteiger partial charge is 0.472 e. The lowest BCUT2D eigenvalue weighted by molar-refractivity contribution is -0.870. The molecule has 0 radical (unpaired) electrons. The standard InChI is InChI=1S/C61H105N2O6P/c1-6-8-10-12-14-16-18-20-22-24-26-28-29-30-31-32-33-35-37-39-41-43-45-47-49-51-53-55-61(65)62-59(58-69-70(66,67)68-57-56-63(3,4)5)60(64)54-52-50-48-46-44-42-40-38-36-34-27-25-23-21-19-17-15-13-11-9-7-2/h8,10,14,16,20,22,26,28,30-31,33,35-36,38-39,41,44,46,52,54,59-60,64H,6-7,9,11-13,15,17-19,21,23-25,27,29,32,34,37,40,42-43,45,47-51,53,55-58H2,1-5H3,(H-,62,65,66,67)/p+1/b10-8-,16-14-,22-20-,28-26-,31-30-,35-33-,38-36+,41-39-,46-44+,54-52+. The second kappa shape index (κ2) is 50.8. The van der Waals surface area contributed by atoms with Crippen LogP contribution in [0.15, 0.2) is 122 Å². The number of carbonyl (C=O) groups excluding carboxylic acids is 1. The number of phosphoric acid groups is 1. The van der Waals surface area contributed by atoms with Crippen LogP contribution in [0.25, 0.3) is 0 Å². The SMILES string of the molecule is CC/C=C\C/C=C\C/C=C\C/C=C\C/C=C\C/C=C\C/C=C\CCCCCCCC(=O)NC(COP(=O)(O)OCC[N+](C)(C)C)C(O)/C=C/CC/C=C/CC/C=C/CCCCCCCCCCCCC. The van der Waals surface area contributed by atoms with Crippen LogP contribution in [-0.2, 0) is 18.4 Å². The Morgan fingerprint density at radius 3 is 1.31 bits per heavy atom. The number of rotatable bonds is 49. The molecule has 0 aliphatic carbocycles. The molecule has 400 valence electrons. The molecule has 9 heteroatoms. The van der Waals surface area contributed by atoms with Crippen LogP contribution in [0.1, 0.15) is 206 Å². The minimum absolute atomic E-state index is 0.0423. The smallest absolute Gasteiger partial charge is 0.387 e. The lowest BCUT2D eigenvalue weighted by Crippen LogP contribution is -2.45. The third-order valence-electron chi connectivity index (χ3n) is 11.6. The van der Waals surface area contributed by atoms with Gasteiger partial charge < -0.3 is 19.8 Å². The first-order valence-electron chi connectivity index (χ1n) is 27.9. The van der Waals surface area contributed by atoms with E-state index in [1.165, 1.54) is 77.0 Å². The number of aliphatic hydroxyl groups is 1.